The van der Waals surface area contributed by atoms with Crippen molar-refractivity contribution in [2.24, 2.45) is 0 Å². The Hall–Kier alpha value is -3.55. The Bertz CT molecular complexity index is 1290. The van der Waals surface area contributed by atoms with E-state index in [4.69, 9.17) is 9.97 Å². The van der Waals surface area contributed by atoms with Crippen molar-refractivity contribution in [1.82, 2.24) is 34.0 Å². The third-order valence-corrected chi connectivity index (χ3v) is 6.09. The minimum absolute atomic E-state index is 0.0346. The molecule has 1 saturated heterocycles. The van der Waals surface area contributed by atoms with E-state index < -0.39 is 0 Å². The Morgan fingerprint density at radius 2 is 2.03 bits per heavy atom. The van der Waals surface area contributed by atoms with Crippen molar-refractivity contribution >= 4 is 11.6 Å². The fourth-order valence-corrected chi connectivity index (χ4v) is 4.70. The van der Waals surface area contributed by atoms with Gasteiger partial charge in [-0.1, -0.05) is 6.07 Å². The SMILES string of the molecule is Cc1cccc(-c2c(-c3ccc4ncnn4c3)nc3n2CC(=O)N2CCCCC32)n1. The van der Waals surface area contributed by atoms with E-state index in [9.17, 15) is 4.79 Å². The predicted octanol–water partition coefficient (Wildman–Crippen LogP) is 3.03. The summed E-state index contributed by atoms with van der Waals surface area (Å²) in [5.41, 5.74) is 5.21. The first kappa shape index (κ1) is 17.3. The van der Waals surface area contributed by atoms with Gasteiger partial charge in [0, 0.05) is 24.0 Å². The van der Waals surface area contributed by atoms with Crippen molar-refractivity contribution < 1.29 is 4.79 Å². The summed E-state index contributed by atoms with van der Waals surface area (Å²) < 4.78 is 3.83. The van der Waals surface area contributed by atoms with Crippen molar-refractivity contribution in [3.05, 3.63) is 54.4 Å². The summed E-state index contributed by atoms with van der Waals surface area (Å²) in [4.78, 5) is 29.1. The first-order chi connectivity index (χ1) is 14.7. The van der Waals surface area contributed by atoms with Gasteiger partial charge in [-0.3, -0.25) is 9.78 Å². The summed E-state index contributed by atoms with van der Waals surface area (Å²) in [7, 11) is 0. The Balaban J connectivity index is 1.61. The third kappa shape index (κ3) is 2.56. The highest BCUT2D eigenvalue weighted by Gasteiger charge is 2.38. The molecule has 2 aliphatic rings. The highest BCUT2D eigenvalue weighted by molar-refractivity contribution is 5.83. The Morgan fingerprint density at radius 3 is 2.93 bits per heavy atom. The van der Waals surface area contributed by atoms with Crippen LogP contribution in [0.2, 0.25) is 0 Å². The molecule has 0 bridgehead atoms. The van der Waals surface area contributed by atoms with Gasteiger partial charge in [-0.2, -0.15) is 5.10 Å². The average Bonchev–Trinajstić information content (AvgIpc) is 3.38. The van der Waals surface area contributed by atoms with Crippen LogP contribution in [0.1, 0.15) is 36.8 Å². The summed E-state index contributed by atoms with van der Waals surface area (Å²) in [5, 5.41) is 4.27. The number of rotatable bonds is 2. The lowest BCUT2D eigenvalue weighted by molar-refractivity contribution is -0.138. The first-order valence-electron chi connectivity index (χ1n) is 10.3. The second kappa shape index (κ2) is 6.48. The summed E-state index contributed by atoms with van der Waals surface area (Å²) in [5.74, 6) is 1.12. The number of amides is 1. The van der Waals surface area contributed by atoms with Crippen LogP contribution in [0.3, 0.4) is 0 Å². The Morgan fingerprint density at radius 1 is 1.10 bits per heavy atom. The lowest BCUT2D eigenvalue weighted by atomic mass is 9.99. The van der Waals surface area contributed by atoms with Gasteiger partial charge in [0.2, 0.25) is 5.91 Å². The van der Waals surface area contributed by atoms with E-state index in [1.165, 1.54) is 0 Å². The molecule has 1 atom stereocenters. The number of hydrogen-bond acceptors (Lipinski definition) is 5. The molecule has 0 spiro atoms. The number of imidazole rings is 1. The third-order valence-electron chi connectivity index (χ3n) is 6.09. The number of fused-ring (bicyclic) bond motifs is 4. The Kier molecular flexibility index (Phi) is 3.74. The molecule has 150 valence electrons. The molecule has 0 saturated carbocycles. The van der Waals surface area contributed by atoms with E-state index in [2.05, 4.69) is 14.6 Å². The van der Waals surface area contributed by atoms with Crippen LogP contribution in [0.5, 0.6) is 0 Å². The normalized spacial score (nSPS) is 18.5. The van der Waals surface area contributed by atoms with Gasteiger partial charge >= 0.3 is 0 Å². The molecule has 0 N–H and O–H groups in total. The Labute approximate surface area is 173 Å². The first-order valence-corrected chi connectivity index (χ1v) is 10.3. The number of aromatic nitrogens is 6. The number of nitrogens with zero attached hydrogens (tertiary/aromatic N) is 7. The number of aryl methyl sites for hydroxylation is 1. The van der Waals surface area contributed by atoms with E-state index in [1.54, 1.807) is 10.8 Å². The smallest absolute Gasteiger partial charge is 0.243 e. The summed E-state index contributed by atoms with van der Waals surface area (Å²) in [6.07, 6.45) is 6.60. The zero-order chi connectivity index (χ0) is 20.2. The highest BCUT2D eigenvalue weighted by Crippen LogP contribution is 2.40. The van der Waals surface area contributed by atoms with Gasteiger partial charge in [-0.05, 0) is 50.5 Å². The average molecular weight is 399 g/mol. The zero-order valence-electron chi connectivity index (χ0n) is 16.7. The van der Waals surface area contributed by atoms with Crippen LogP contribution < -0.4 is 0 Å². The van der Waals surface area contributed by atoms with Crippen LogP contribution >= 0.6 is 0 Å². The fourth-order valence-electron chi connectivity index (χ4n) is 4.70. The van der Waals surface area contributed by atoms with Gasteiger partial charge in [-0.15, -0.1) is 0 Å². The summed E-state index contributed by atoms with van der Waals surface area (Å²) >= 11 is 0. The molecule has 6 heterocycles. The van der Waals surface area contributed by atoms with Crippen LogP contribution in [0, 0.1) is 6.92 Å². The zero-order valence-corrected chi connectivity index (χ0v) is 16.7. The molecule has 1 unspecified atom stereocenters. The molecular weight excluding hydrogens is 378 g/mol. The van der Waals surface area contributed by atoms with Crippen LogP contribution in [0.15, 0.2) is 42.9 Å². The maximum absolute atomic E-state index is 13.0. The lowest BCUT2D eigenvalue weighted by Crippen LogP contribution is -2.45. The number of carbonyl (C=O) groups excluding carboxylic acids is 1. The number of pyridine rings is 2. The summed E-state index contributed by atoms with van der Waals surface area (Å²) in [6.45, 7) is 3.09. The molecule has 8 heteroatoms. The molecule has 0 radical (unpaired) electrons. The largest absolute Gasteiger partial charge is 0.331 e. The molecule has 1 fully saturated rings. The van der Waals surface area contributed by atoms with E-state index >= 15 is 0 Å². The maximum atomic E-state index is 13.0. The molecule has 0 aromatic carbocycles. The van der Waals surface area contributed by atoms with Crippen molar-refractivity contribution in [3.8, 4) is 22.6 Å². The molecule has 0 aliphatic carbocycles. The van der Waals surface area contributed by atoms with Gasteiger partial charge in [0.05, 0.1) is 23.1 Å². The van der Waals surface area contributed by atoms with Gasteiger partial charge in [0.15, 0.2) is 5.65 Å². The van der Waals surface area contributed by atoms with Gasteiger partial charge < -0.3 is 9.47 Å². The monoisotopic (exact) mass is 399 g/mol. The number of hydrogen-bond donors (Lipinski definition) is 0. The standard InChI is InChI=1S/C22H21N7O/c1-14-5-4-6-16(25-14)21-20(15-8-9-18-23-13-24-29(18)11-15)26-22-17-7-2-3-10-27(17)19(30)12-28(21)22/h4-6,8-9,11,13,17H,2-3,7,10,12H2,1H3. The van der Waals surface area contributed by atoms with Gasteiger partial charge in [0.25, 0.3) is 0 Å². The molecule has 30 heavy (non-hydrogen) atoms. The molecule has 6 rings (SSSR count). The van der Waals surface area contributed by atoms with Crippen molar-refractivity contribution in [3.63, 3.8) is 0 Å². The molecule has 2 aliphatic heterocycles. The molecule has 8 nitrogen and oxygen atoms in total. The second-order valence-corrected chi connectivity index (χ2v) is 8.00. The topological polar surface area (TPSA) is 81.2 Å². The van der Waals surface area contributed by atoms with E-state index in [1.807, 2.05) is 48.4 Å². The fraction of sp³-hybridized carbons (Fsp3) is 0.318. The second-order valence-electron chi connectivity index (χ2n) is 8.00. The number of piperidine rings is 1. The van der Waals surface area contributed by atoms with Crippen LogP contribution in [0.25, 0.3) is 28.3 Å². The van der Waals surface area contributed by atoms with E-state index in [-0.39, 0.29) is 11.9 Å². The highest BCUT2D eigenvalue weighted by atomic mass is 16.2. The van der Waals surface area contributed by atoms with Crippen LogP contribution in [-0.2, 0) is 11.3 Å². The van der Waals surface area contributed by atoms with Crippen LogP contribution in [-0.4, -0.2) is 46.5 Å². The van der Waals surface area contributed by atoms with Crippen LogP contribution in [0.4, 0.5) is 0 Å². The lowest BCUT2D eigenvalue weighted by Gasteiger charge is -2.39. The molecule has 1 amide bonds. The van der Waals surface area contributed by atoms with Gasteiger partial charge in [-0.25, -0.2) is 14.5 Å². The van der Waals surface area contributed by atoms with Gasteiger partial charge in [0.1, 0.15) is 18.7 Å². The summed E-state index contributed by atoms with van der Waals surface area (Å²) in [6, 6.07) is 9.95. The molecule has 4 aromatic heterocycles. The van der Waals surface area contributed by atoms with E-state index in [0.717, 1.165) is 65.6 Å². The molecule has 4 aromatic rings. The van der Waals surface area contributed by atoms with E-state index in [0.29, 0.717) is 6.54 Å². The number of carbonyl (C=O) groups is 1. The maximum Gasteiger partial charge on any atom is 0.243 e. The quantitative estimate of drug-likeness (QED) is 0.518. The van der Waals surface area contributed by atoms with Crippen molar-refractivity contribution in [2.45, 2.75) is 38.8 Å². The van der Waals surface area contributed by atoms with Crippen molar-refractivity contribution in [2.75, 3.05) is 6.54 Å². The minimum atomic E-state index is 0.0346. The minimum Gasteiger partial charge on any atom is -0.331 e. The molecular formula is C22H21N7O. The predicted molar refractivity (Wildman–Crippen MR) is 110 cm³/mol. The van der Waals surface area contributed by atoms with Crippen molar-refractivity contribution in [1.29, 1.82) is 0 Å².